The third kappa shape index (κ3) is 4.52. The van der Waals surface area contributed by atoms with Crippen molar-refractivity contribution in [3.8, 4) is 0 Å². The van der Waals surface area contributed by atoms with E-state index in [-0.39, 0.29) is 11.4 Å². The number of amides is 1. The molecule has 0 aliphatic rings. The highest BCUT2D eigenvalue weighted by Gasteiger charge is 2.26. The average molecular weight is 228 g/mol. The fourth-order valence-electron chi connectivity index (χ4n) is 2.02. The highest BCUT2D eigenvalue weighted by Crippen LogP contribution is 2.20. The first-order valence-corrected chi connectivity index (χ1v) is 6.58. The van der Waals surface area contributed by atoms with Gasteiger partial charge in [0.15, 0.2) is 0 Å². The summed E-state index contributed by atoms with van der Waals surface area (Å²) in [6.45, 7) is 9.08. The van der Waals surface area contributed by atoms with Crippen molar-refractivity contribution in [1.29, 1.82) is 0 Å². The number of nitrogens with one attached hydrogen (secondary N) is 1. The van der Waals surface area contributed by atoms with Crippen molar-refractivity contribution in [3.63, 3.8) is 0 Å². The summed E-state index contributed by atoms with van der Waals surface area (Å²) >= 11 is 0. The maximum absolute atomic E-state index is 11.9. The number of carbonyl (C=O) groups is 1. The lowest BCUT2D eigenvalue weighted by Crippen LogP contribution is -2.47. The summed E-state index contributed by atoms with van der Waals surface area (Å²) in [6, 6.07) is 0. The van der Waals surface area contributed by atoms with Crippen LogP contribution in [0.4, 0.5) is 0 Å². The Hall–Kier alpha value is -0.570. The van der Waals surface area contributed by atoms with Crippen LogP contribution in [0.25, 0.3) is 0 Å². The third-order valence-corrected chi connectivity index (χ3v) is 3.82. The van der Waals surface area contributed by atoms with Crippen molar-refractivity contribution < 1.29 is 4.79 Å². The van der Waals surface area contributed by atoms with Crippen LogP contribution in [0.5, 0.6) is 0 Å². The molecule has 3 heteroatoms. The summed E-state index contributed by atoms with van der Waals surface area (Å²) in [7, 11) is 0. The van der Waals surface area contributed by atoms with E-state index in [0.717, 1.165) is 25.7 Å². The minimum Gasteiger partial charge on any atom is -0.351 e. The van der Waals surface area contributed by atoms with E-state index < -0.39 is 0 Å². The van der Waals surface area contributed by atoms with Gasteiger partial charge in [-0.1, -0.05) is 34.1 Å². The summed E-state index contributed by atoms with van der Waals surface area (Å²) in [6.07, 6.45) is 4.51. The Labute approximate surface area is 100 Å². The van der Waals surface area contributed by atoms with Crippen LogP contribution in [-0.2, 0) is 4.79 Å². The lowest BCUT2D eigenvalue weighted by atomic mass is 9.89. The van der Waals surface area contributed by atoms with Crippen molar-refractivity contribution in [2.45, 2.75) is 65.3 Å². The highest BCUT2D eigenvalue weighted by atomic mass is 16.1. The van der Waals surface area contributed by atoms with Gasteiger partial charge in [0.2, 0.25) is 5.91 Å². The molecule has 0 saturated heterocycles. The van der Waals surface area contributed by atoms with E-state index in [0.29, 0.717) is 18.9 Å². The molecule has 16 heavy (non-hydrogen) atoms. The van der Waals surface area contributed by atoms with Crippen LogP contribution in [0.15, 0.2) is 0 Å². The fourth-order valence-corrected chi connectivity index (χ4v) is 2.02. The standard InChI is InChI=1S/C13H28N2O/c1-5-11(10-14)9-12(16)15-13(6-2,7-3)8-4/h11H,5-10,14H2,1-4H3,(H,15,16). The predicted molar refractivity (Wildman–Crippen MR) is 69.2 cm³/mol. The molecule has 1 unspecified atom stereocenters. The monoisotopic (exact) mass is 228 g/mol. The van der Waals surface area contributed by atoms with Crippen LogP contribution >= 0.6 is 0 Å². The van der Waals surface area contributed by atoms with Crippen molar-refractivity contribution in [2.24, 2.45) is 11.7 Å². The van der Waals surface area contributed by atoms with E-state index in [1.54, 1.807) is 0 Å². The van der Waals surface area contributed by atoms with Gasteiger partial charge in [-0.2, -0.15) is 0 Å². The van der Waals surface area contributed by atoms with Gasteiger partial charge in [-0.3, -0.25) is 4.79 Å². The summed E-state index contributed by atoms with van der Waals surface area (Å²) in [4.78, 5) is 11.9. The Morgan fingerprint density at radius 3 is 2.00 bits per heavy atom. The first-order chi connectivity index (χ1) is 7.57. The normalized spacial score (nSPS) is 13.6. The van der Waals surface area contributed by atoms with E-state index in [4.69, 9.17) is 5.73 Å². The van der Waals surface area contributed by atoms with Crippen molar-refractivity contribution in [2.75, 3.05) is 6.54 Å². The zero-order valence-corrected chi connectivity index (χ0v) is 11.3. The molecule has 0 saturated carbocycles. The minimum absolute atomic E-state index is 0.00995. The van der Waals surface area contributed by atoms with Gasteiger partial charge >= 0.3 is 0 Å². The van der Waals surface area contributed by atoms with E-state index in [9.17, 15) is 4.79 Å². The molecule has 0 aliphatic carbocycles. The lowest BCUT2D eigenvalue weighted by Gasteiger charge is -2.32. The maximum atomic E-state index is 11.9. The lowest BCUT2D eigenvalue weighted by molar-refractivity contribution is -0.124. The molecular formula is C13H28N2O. The van der Waals surface area contributed by atoms with Crippen LogP contribution in [0.1, 0.15) is 59.8 Å². The topological polar surface area (TPSA) is 55.1 Å². The van der Waals surface area contributed by atoms with E-state index in [1.807, 2.05) is 0 Å². The molecule has 0 aromatic heterocycles. The van der Waals surface area contributed by atoms with Crippen LogP contribution in [0, 0.1) is 5.92 Å². The van der Waals surface area contributed by atoms with Gasteiger partial charge in [0.25, 0.3) is 0 Å². The first kappa shape index (κ1) is 15.4. The Bertz CT molecular complexity index is 188. The molecular weight excluding hydrogens is 200 g/mol. The summed E-state index contributed by atoms with van der Waals surface area (Å²) in [5.74, 6) is 0.478. The molecule has 1 atom stereocenters. The van der Waals surface area contributed by atoms with E-state index in [2.05, 4.69) is 33.0 Å². The van der Waals surface area contributed by atoms with Crippen LogP contribution in [0.2, 0.25) is 0 Å². The molecule has 1 amide bonds. The second-order valence-electron chi connectivity index (χ2n) is 4.60. The molecule has 0 radical (unpaired) electrons. The zero-order valence-electron chi connectivity index (χ0n) is 11.3. The van der Waals surface area contributed by atoms with Crippen molar-refractivity contribution in [1.82, 2.24) is 5.32 Å². The molecule has 0 aromatic carbocycles. The van der Waals surface area contributed by atoms with E-state index in [1.165, 1.54) is 0 Å². The Balaban J connectivity index is 4.30. The van der Waals surface area contributed by atoms with Crippen molar-refractivity contribution in [3.05, 3.63) is 0 Å². The van der Waals surface area contributed by atoms with Gasteiger partial charge < -0.3 is 11.1 Å². The number of hydrogen-bond acceptors (Lipinski definition) is 2. The first-order valence-electron chi connectivity index (χ1n) is 6.58. The minimum atomic E-state index is -0.00995. The predicted octanol–water partition coefficient (Wildman–Crippen LogP) is 2.45. The van der Waals surface area contributed by atoms with Crippen LogP contribution < -0.4 is 11.1 Å². The summed E-state index contributed by atoms with van der Waals surface area (Å²) in [5, 5.41) is 3.18. The molecule has 96 valence electrons. The van der Waals surface area contributed by atoms with Gasteiger partial charge in [-0.05, 0) is 31.7 Å². The average Bonchev–Trinajstić information content (AvgIpc) is 2.33. The second kappa shape index (κ2) is 7.66. The summed E-state index contributed by atoms with van der Waals surface area (Å²) in [5.41, 5.74) is 5.60. The van der Waals surface area contributed by atoms with Gasteiger partial charge in [0, 0.05) is 12.0 Å². The smallest absolute Gasteiger partial charge is 0.220 e. The SMILES string of the molecule is CCC(CN)CC(=O)NC(CC)(CC)CC. The van der Waals surface area contributed by atoms with Gasteiger partial charge in [-0.15, -0.1) is 0 Å². The van der Waals surface area contributed by atoms with Crippen LogP contribution in [0.3, 0.4) is 0 Å². The van der Waals surface area contributed by atoms with Gasteiger partial charge in [0.05, 0.1) is 0 Å². The molecule has 3 N–H and O–H groups in total. The Kier molecular flexibility index (Phi) is 7.39. The summed E-state index contributed by atoms with van der Waals surface area (Å²) < 4.78 is 0. The van der Waals surface area contributed by atoms with E-state index >= 15 is 0 Å². The number of hydrogen-bond donors (Lipinski definition) is 2. The highest BCUT2D eigenvalue weighted by molar-refractivity contribution is 5.77. The Morgan fingerprint density at radius 2 is 1.69 bits per heavy atom. The molecule has 3 nitrogen and oxygen atoms in total. The van der Waals surface area contributed by atoms with Crippen molar-refractivity contribution >= 4 is 5.91 Å². The maximum Gasteiger partial charge on any atom is 0.220 e. The third-order valence-electron chi connectivity index (χ3n) is 3.82. The molecule has 0 fully saturated rings. The van der Waals surface area contributed by atoms with Gasteiger partial charge in [-0.25, -0.2) is 0 Å². The Morgan fingerprint density at radius 1 is 1.19 bits per heavy atom. The molecule has 0 spiro atoms. The van der Waals surface area contributed by atoms with Gasteiger partial charge in [0.1, 0.15) is 0 Å². The van der Waals surface area contributed by atoms with Crippen LogP contribution in [-0.4, -0.2) is 18.0 Å². The molecule has 0 aliphatic heterocycles. The molecule has 0 heterocycles. The molecule has 0 rings (SSSR count). The molecule has 0 aromatic rings. The number of nitrogens with two attached hydrogens (primary N) is 1. The quantitative estimate of drug-likeness (QED) is 0.670. The number of rotatable bonds is 8. The zero-order chi connectivity index (χ0) is 12.6. The fraction of sp³-hybridized carbons (Fsp3) is 0.923. The largest absolute Gasteiger partial charge is 0.351 e. The second-order valence-corrected chi connectivity index (χ2v) is 4.60. The molecule has 0 bridgehead atoms. The number of carbonyl (C=O) groups excluding carboxylic acids is 1.